The molecular formula is C19H21NO4. The minimum atomic E-state index is -0.889. The highest BCUT2D eigenvalue weighted by molar-refractivity contribution is 5.85. The van der Waals surface area contributed by atoms with Crippen LogP contribution in [0.4, 0.5) is 0 Å². The molecule has 1 aliphatic carbocycles. The molecule has 1 unspecified atom stereocenters. The van der Waals surface area contributed by atoms with E-state index in [0.29, 0.717) is 18.6 Å². The first-order valence-corrected chi connectivity index (χ1v) is 8.23. The Kier molecular flexibility index (Phi) is 4.99. The average molecular weight is 327 g/mol. The van der Waals surface area contributed by atoms with E-state index in [1.807, 2.05) is 30.3 Å². The topological polar surface area (TPSA) is 79.5 Å². The first kappa shape index (κ1) is 16.3. The van der Waals surface area contributed by atoms with Crippen LogP contribution >= 0.6 is 0 Å². The van der Waals surface area contributed by atoms with Gasteiger partial charge in [-0.05, 0) is 42.9 Å². The molecule has 1 amide bonds. The number of carbonyl (C=O) groups is 2. The summed E-state index contributed by atoms with van der Waals surface area (Å²) in [4.78, 5) is 24.1. The average Bonchev–Trinajstić information content (AvgIpc) is 3.13. The number of benzene rings is 1. The second-order valence-electron chi connectivity index (χ2n) is 6.27. The molecule has 0 bridgehead atoms. The quantitative estimate of drug-likeness (QED) is 0.884. The molecule has 1 fully saturated rings. The van der Waals surface area contributed by atoms with Crippen LogP contribution in [0, 0.1) is 11.8 Å². The summed E-state index contributed by atoms with van der Waals surface area (Å²) in [6.45, 7) is 0.282. The lowest BCUT2D eigenvalue weighted by Gasteiger charge is -2.33. The number of carboxylic acids is 1. The Balaban J connectivity index is 1.70. The molecule has 2 N–H and O–H groups in total. The lowest BCUT2D eigenvalue weighted by atomic mass is 9.71. The molecule has 1 aromatic carbocycles. The lowest BCUT2D eigenvalue weighted by molar-refractivity contribution is -0.149. The van der Waals surface area contributed by atoms with Crippen molar-refractivity contribution in [1.82, 2.24) is 5.32 Å². The fourth-order valence-corrected chi connectivity index (χ4v) is 3.50. The van der Waals surface area contributed by atoms with Crippen molar-refractivity contribution in [2.24, 2.45) is 11.8 Å². The van der Waals surface area contributed by atoms with Gasteiger partial charge in [-0.3, -0.25) is 9.59 Å². The van der Waals surface area contributed by atoms with Gasteiger partial charge in [-0.1, -0.05) is 30.3 Å². The summed E-state index contributed by atoms with van der Waals surface area (Å²) < 4.78 is 5.20. The standard InChI is InChI=1S/C19H21NO4/c21-18(20-12-15-7-4-10-24-15)17-11-14(8-9-16(17)19(22)23)13-5-2-1-3-6-13/h1-7,10,14,16-17H,8-9,11-12H2,(H,20,21)(H,22,23)/t14?,16-,17+/m0/s1. The van der Waals surface area contributed by atoms with Crippen LogP contribution in [-0.2, 0) is 16.1 Å². The molecule has 126 valence electrons. The minimum absolute atomic E-state index is 0.209. The van der Waals surface area contributed by atoms with Gasteiger partial charge in [0.1, 0.15) is 5.76 Å². The molecule has 1 aliphatic rings. The molecule has 3 rings (SSSR count). The van der Waals surface area contributed by atoms with E-state index >= 15 is 0 Å². The van der Waals surface area contributed by atoms with Gasteiger partial charge in [0.15, 0.2) is 0 Å². The van der Waals surface area contributed by atoms with E-state index in [1.165, 1.54) is 5.56 Å². The molecule has 3 atom stereocenters. The van der Waals surface area contributed by atoms with Gasteiger partial charge in [0.05, 0.1) is 24.6 Å². The maximum absolute atomic E-state index is 12.6. The normalized spacial score (nSPS) is 23.6. The highest BCUT2D eigenvalue weighted by Gasteiger charge is 2.39. The van der Waals surface area contributed by atoms with Crippen molar-refractivity contribution in [1.29, 1.82) is 0 Å². The first-order chi connectivity index (χ1) is 11.6. The molecule has 5 heteroatoms. The predicted molar refractivity (Wildman–Crippen MR) is 88.2 cm³/mol. The zero-order valence-corrected chi connectivity index (χ0v) is 13.4. The van der Waals surface area contributed by atoms with Gasteiger partial charge in [-0.2, -0.15) is 0 Å². The third-order valence-electron chi connectivity index (χ3n) is 4.79. The maximum atomic E-state index is 12.6. The largest absolute Gasteiger partial charge is 0.481 e. The van der Waals surface area contributed by atoms with Crippen LogP contribution in [0.1, 0.15) is 36.5 Å². The number of hydrogen-bond donors (Lipinski definition) is 2. The number of amides is 1. The van der Waals surface area contributed by atoms with E-state index in [1.54, 1.807) is 18.4 Å². The number of aliphatic carboxylic acids is 1. The second-order valence-corrected chi connectivity index (χ2v) is 6.27. The fourth-order valence-electron chi connectivity index (χ4n) is 3.50. The zero-order chi connectivity index (χ0) is 16.9. The first-order valence-electron chi connectivity index (χ1n) is 8.23. The van der Waals surface area contributed by atoms with Crippen LogP contribution in [0.25, 0.3) is 0 Å². The van der Waals surface area contributed by atoms with Gasteiger partial charge in [0.25, 0.3) is 0 Å². The molecule has 0 spiro atoms. The Morgan fingerprint density at radius 1 is 1.08 bits per heavy atom. The smallest absolute Gasteiger partial charge is 0.307 e. The lowest BCUT2D eigenvalue weighted by Crippen LogP contribution is -2.41. The van der Waals surface area contributed by atoms with Gasteiger partial charge < -0.3 is 14.8 Å². The Morgan fingerprint density at radius 3 is 2.54 bits per heavy atom. The van der Waals surface area contributed by atoms with Crippen LogP contribution in [-0.4, -0.2) is 17.0 Å². The summed E-state index contributed by atoms with van der Waals surface area (Å²) >= 11 is 0. The molecule has 24 heavy (non-hydrogen) atoms. The molecule has 0 aliphatic heterocycles. The summed E-state index contributed by atoms with van der Waals surface area (Å²) in [6, 6.07) is 13.5. The molecule has 1 heterocycles. The second kappa shape index (κ2) is 7.34. The van der Waals surface area contributed by atoms with Crippen molar-refractivity contribution >= 4 is 11.9 Å². The highest BCUT2D eigenvalue weighted by Crippen LogP contribution is 2.39. The van der Waals surface area contributed by atoms with Crippen molar-refractivity contribution in [2.45, 2.75) is 31.7 Å². The van der Waals surface area contributed by atoms with E-state index in [9.17, 15) is 14.7 Å². The van der Waals surface area contributed by atoms with Crippen molar-refractivity contribution in [3.05, 3.63) is 60.1 Å². The number of carbonyl (C=O) groups excluding carboxylic acids is 1. The number of hydrogen-bond acceptors (Lipinski definition) is 3. The van der Waals surface area contributed by atoms with Crippen molar-refractivity contribution in [3.8, 4) is 0 Å². The zero-order valence-electron chi connectivity index (χ0n) is 13.4. The number of nitrogens with one attached hydrogen (secondary N) is 1. The Labute approximate surface area is 140 Å². The summed E-state index contributed by atoms with van der Waals surface area (Å²) in [5.74, 6) is -1.36. The van der Waals surface area contributed by atoms with Crippen LogP contribution in [0.2, 0.25) is 0 Å². The molecule has 0 saturated heterocycles. The van der Waals surface area contributed by atoms with Gasteiger partial charge >= 0.3 is 5.97 Å². The number of furan rings is 1. The minimum Gasteiger partial charge on any atom is -0.481 e. The van der Waals surface area contributed by atoms with Crippen molar-refractivity contribution in [3.63, 3.8) is 0 Å². The maximum Gasteiger partial charge on any atom is 0.307 e. The molecule has 1 saturated carbocycles. The predicted octanol–water partition coefficient (Wildman–Crippen LogP) is 3.18. The number of rotatable bonds is 5. The molecular weight excluding hydrogens is 306 g/mol. The van der Waals surface area contributed by atoms with E-state index in [2.05, 4.69) is 5.32 Å². The van der Waals surface area contributed by atoms with E-state index in [4.69, 9.17) is 4.42 Å². The molecule has 0 radical (unpaired) electrons. The van der Waals surface area contributed by atoms with Crippen molar-refractivity contribution < 1.29 is 19.1 Å². The third-order valence-corrected chi connectivity index (χ3v) is 4.79. The monoisotopic (exact) mass is 327 g/mol. The molecule has 1 aromatic heterocycles. The Morgan fingerprint density at radius 2 is 1.88 bits per heavy atom. The number of carboxylic acid groups (broad SMARTS) is 1. The highest BCUT2D eigenvalue weighted by atomic mass is 16.4. The van der Waals surface area contributed by atoms with Crippen LogP contribution in [0.3, 0.4) is 0 Å². The Bertz CT molecular complexity index is 681. The van der Waals surface area contributed by atoms with E-state index < -0.39 is 17.8 Å². The molecule has 5 nitrogen and oxygen atoms in total. The Hall–Kier alpha value is -2.56. The van der Waals surface area contributed by atoms with Gasteiger partial charge in [-0.25, -0.2) is 0 Å². The summed E-state index contributed by atoms with van der Waals surface area (Å²) in [6.07, 6.45) is 3.43. The van der Waals surface area contributed by atoms with E-state index in [0.717, 1.165) is 6.42 Å². The third kappa shape index (κ3) is 3.67. The van der Waals surface area contributed by atoms with Crippen molar-refractivity contribution in [2.75, 3.05) is 0 Å². The van der Waals surface area contributed by atoms with Gasteiger partial charge in [0, 0.05) is 0 Å². The van der Waals surface area contributed by atoms with Crippen LogP contribution in [0.5, 0.6) is 0 Å². The summed E-state index contributed by atoms with van der Waals surface area (Å²) in [7, 11) is 0. The summed E-state index contributed by atoms with van der Waals surface area (Å²) in [5, 5.41) is 12.3. The molecule has 2 aromatic rings. The fraction of sp³-hybridized carbons (Fsp3) is 0.368. The van der Waals surface area contributed by atoms with Crippen LogP contribution in [0.15, 0.2) is 53.1 Å². The van der Waals surface area contributed by atoms with Gasteiger partial charge in [-0.15, -0.1) is 0 Å². The van der Waals surface area contributed by atoms with Crippen LogP contribution < -0.4 is 5.32 Å². The SMILES string of the molecule is O=C(O)[C@H]1CCC(c2ccccc2)C[C@H]1C(=O)NCc1ccco1. The van der Waals surface area contributed by atoms with E-state index in [-0.39, 0.29) is 18.4 Å². The van der Waals surface area contributed by atoms with Gasteiger partial charge in [0.2, 0.25) is 5.91 Å². The summed E-state index contributed by atoms with van der Waals surface area (Å²) in [5.41, 5.74) is 1.17.